The van der Waals surface area contributed by atoms with Gasteiger partial charge in [0.15, 0.2) is 74.1 Å². The first-order chi connectivity index (χ1) is 43.4. The smallest absolute Gasteiger partial charge is 0.217 e. The van der Waals surface area contributed by atoms with Crippen LogP contribution >= 0.6 is 0 Å². The number of Topliss-reactive ketones (excluding diaryl/α,β-unsaturated/α-hetero) is 4. The van der Waals surface area contributed by atoms with Gasteiger partial charge in [-0.15, -0.1) is 0 Å². The molecule has 13 heteroatoms. The van der Waals surface area contributed by atoms with E-state index in [0.29, 0.717) is 55.1 Å². The minimum Gasteiger partial charge on any atom is -0.321 e. The maximum Gasteiger partial charge on any atom is 0.217 e. The molecule has 0 saturated heterocycles. The number of pyridine rings is 4. The number of carbonyl (C=O) groups excluding carboxylic acids is 4. The molecule has 14 rings (SSSR count). The molecular formula is C77H62N8O4Y+4. The van der Waals surface area contributed by atoms with Crippen LogP contribution in [0.1, 0.15) is 126 Å². The summed E-state index contributed by atoms with van der Waals surface area (Å²) in [6, 6.07) is 65.6. The molecule has 0 spiro atoms. The maximum atomic E-state index is 12.5. The molecular weight excluding hydrogens is 1190 g/mol. The Hall–Kier alpha value is -10.1. The number of hydrogen-bond acceptors (Lipinski definition) is 6. The van der Waals surface area contributed by atoms with Crippen molar-refractivity contribution in [3.8, 4) is 0 Å². The molecule has 0 N–H and O–H groups in total. The number of nitrogens with zero attached hydrogens (tertiary/aromatic N) is 8. The van der Waals surface area contributed by atoms with Crippen LogP contribution in [-0.2, 0) is 65.6 Å². The largest absolute Gasteiger partial charge is 0.321 e. The molecule has 1 radical (unpaired) electrons. The number of ketones is 4. The molecule has 6 aromatic heterocycles. The summed E-state index contributed by atoms with van der Waals surface area (Å²) in [6.45, 7) is 8.79. The molecule has 433 valence electrons. The van der Waals surface area contributed by atoms with E-state index in [4.69, 9.17) is 9.98 Å². The van der Waals surface area contributed by atoms with Crippen LogP contribution in [0.5, 0.6) is 0 Å². The first kappa shape index (κ1) is 58.9. The van der Waals surface area contributed by atoms with Crippen molar-refractivity contribution >= 4 is 56.8 Å². The summed E-state index contributed by atoms with van der Waals surface area (Å²) in [7, 11) is 0. The van der Waals surface area contributed by atoms with E-state index in [9.17, 15) is 19.2 Å². The van der Waals surface area contributed by atoms with Crippen LogP contribution < -0.4 is 29.0 Å². The predicted octanol–water partition coefficient (Wildman–Crippen LogP) is 9.91. The second kappa shape index (κ2) is 24.8. The molecule has 10 aromatic rings. The van der Waals surface area contributed by atoms with Gasteiger partial charge in [0.1, 0.15) is 6.67 Å². The number of carbonyl (C=O) groups is 4. The summed E-state index contributed by atoms with van der Waals surface area (Å²) in [4.78, 5) is 61.5. The molecule has 4 aliphatic heterocycles. The molecule has 90 heavy (non-hydrogen) atoms. The Kier molecular flexibility index (Phi) is 16.2. The number of allylic oxidation sites excluding steroid dienone is 4. The number of fused-ring (bicyclic) bond motifs is 2. The normalized spacial score (nSPS) is 13.7. The van der Waals surface area contributed by atoms with Gasteiger partial charge in [-0.05, 0) is 101 Å². The van der Waals surface area contributed by atoms with Crippen LogP contribution in [0, 0.1) is 0 Å². The van der Waals surface area contributed by atoms with Crippen LogP contribution in [0.25, 0.3) is 22.3 Å². The fraction of sp³-hybridized carbons (Fsp3) is 0.117. The Morgan fingerprint density at radius 3 is 0.922 bits per heavy atom. The van der Waals surface area contributed by atoms with Crippen LogP contribution in [0.4, 0.5) is 0 Å². The molecule has 10 heterocycles. The summed E-state index contributed by atoms with van der Waals surface area (Å²) in [5.74, 6) is 0.0710. The SMILES string of the molecule is CC(=O)c1ccc(C[n+]2ccccc2C2=C3C=CC(=N3)C(c3cccc[n+]3Cc3ccc(C(C)=O)cc3)=c3ccc4n3Cn3c2ccc3C(c2cccc[n+]2Cc2ccc(C(C)=O)cc2)=C2C=CC(=N2)C=4c2cccc[n+]2Cc2ccc(C(C)=O)cc2)cc1.[Y]. The molecule has 0 unspecified atom stereocenters. The molecule has 0 atom stereocenters. The third kappa shape index (κ3) is 11.3. The van der Waals surface area contributed by atoms with Crippen LogP contribution in [-0.4, -0.2) is 43.7 Å². The van der Waals surface area contributed by atoms with E-state index >= 15 is 0 Å². The van der Waals surface area contributed by atoms with Gasteiger partial charge >= 0.3 is 0 Å². The molecule has 4 aliphatic rings. The summed E-state index contributed by atoms with van der Waals surface area (Å²) in [5.41, 5.74) is 19.3. The molecule has 6 bridgehead atoms. The minimum atomic E-state index is 0. The molecule has 0 saturated carbocycles. The molecule has 0 fully saturated rings. The summed E-state index contributed by atoms with van der Waals surface area (Å²) >= 11 is 0. The van der Waals surface area contributed by atoms with Crippen molar-refractivity contribution in [2.75, 3.05) is 0 Å². The summed E-state index contributed by atoms with van der Waals surface area (Å²) in [6.07, 6.45) is 17.1. The maximum absolute atomic E-state index is 12.5. The zero-order valence-corrected chi connectivity index (χ0v) is 53.3. The van der Waals surface area contributed by atoms with Gasteiger partial charge in [0.25, 0.3) is 0 Å². The third-order valence-electron chi connectivity index (χ3n) is 17.2. The first-order valence-corrected chi connectivity index (χ1v) is 29.9. The van der Waals surface area contributed by atoms with Crippen LogP contribution in [0.2, 0.25) is 0 Å². The van der Waals surface area contributed by atoms with Gasteiger partial charge in [0, 0.05) is 126 Å². The monoisotopic (exact) mass is 1250 g/mol. The van der Waals surface area contributed by atoms with E-state index in [-0.39, 0.29) is 55.8 Å². The summed E-state index contributed by atoms with van der Waals surface area (Å²) in [5, 5.41) is 1.87. The van der Waals surface area contributed by atoms with Gasteiger partial charge in [-0.2, -0.15) is 18.3 Å². The molecule has 0 aliphatic carbocycles. The quantitative estimate of drug-likeness (QED) is 0.0707. The number of rotatable bonds is 16. The van der Waals surface area contributed by atoms with Gasteiger partial charge < -0.3 is 9.13 Å². The van der Waals surface area contributed by atoms with Gasteiger partial charge in [-0.1, -0.05) is 97.1 Å². The van der Waals surface area contributed by atoms with Gasteiger partial charge in [0.2, 0.25) is 22.8 Å². The van der Waals surface area contributed by atoms with E-state index in [1.54, 1.807) is 27.7 Å². The van der Waals surface area contributed by atoms with Crippen molar-refractivity contribution in [3.05, 3.63) is 344 Å². The Balaban J connectivity index is 0.00000743. The Bertz CT molecular complexity index is 4650. The van der Waals surface area contributed by atoms with E-state index in [1.165, 1.54) is 0 Å². The minimum absolute atomic E-state index is 0. The standard InChI is InChI=1S/C77H62N8O4.Y/c1-50(86)58-25-17-54(18-26-58)45-80-41-9-5-13-66(80)74-62-33-34-63(78-62)75(67-14-6-10-42-81(67)46-55-19-27-59(28-20-55)51(2)87)72-39-40-73-77(69-16-8-12-44-83(69)48-57-23-31-61(32-24-57)53(4)89)65-36-35-64(79-65)76(71-38-37-70(74)84(71)49-85(72)73)68-15-7-11-43-82(68)47-56-21-29-60(30-22-56)52(3)88;/h5-44H,45-49H2,1-4H3;/q+4;. The van der Waals surface area contributed by atoms with Crippen LogP contribution in [0.15, 0.2) is 265 Å². The van der Waals surface area contributed by atoms with Crippen molar-refractivity contribution in [3.63, 3.8) is 0 Å². The van der Waals surface area contributed by atoms with Gasteiger partial charge in [-0.3, -0.25) is 19.2 Å². The van der Waals surface area contributed by atoms with Gasteiger partial charge in [-0.25, -0.2) is 9.98 Å². The molecule has 0 amide bonds. The number of hydrogen-bond donors (Lipinski definition) is 0. The third-order valence-corrected chi connectivity index (χ3v) is 17.2. The van der Waals surface area contributed by atoms with Crippen molar-refractivity contribution in [1.29, 1.82) is 0 Å². The Labute approximate surface area is 546 Å². The number of aromatic nitrogens is 6. The Morgan fingerprint density at radius 2 is 0.633 bits per heavy atom. The van der Waals surface area contributed by atoms with Crippen molar-refractivity contribution in [2.24, 2.45) is 9.98 Å². The average Bonchev–Trinajstić information content (AvgIpc) is 1.65. The topological polar surface area (TPSA) is 118 Å². The fourth-order valence-electron chi connectivity index (χ4n) is 12.6. The number of aliphatic imine (C=N–C) groups is 2. The first-order valence-electron chi connectivity index (χ1n) is 29.9. The average molecular weight is 1250 g/mol. The van der Waals surface area contributed by atoms with Crippen molar-refractivity contribution in [2.45, 2.75) is 60.5 Å². The van der Waals surface area contributed by atoms with E-state index in [2.05, 4.69) is 174 Å². The van der Waals surface area contributed by atoms with E-state index in [1.807, 2.05) is 97.1 Å². The fourth-order valence-corrected chi connectivity index (χ4v) is 12.6. The second-order valence-corrected chi connectivity index (χ2v) is 23.0. The van der Waals surface area contributed by atoms with Crippen molar-refractivity contribution < 1.29 is 70.2 Å². The Morgan fingerprint density at radius 1 is 0.344 bits per heavy atom. The molecule has 4 aromatic carbocycles. The van der Waals surface area contributed by atoms with E-state index in [0.717, 1.165) is 112 Å². The predicted molar refractivity (Wildman–Crippen MR) is 342 cm³/mol. The number of benzene rings is 4. The summed E-state index contributed by atoms with van der Waals surface area (Å²) < 4.78 is 14.0. The van der Waals surface area contributed by atoms with Crippen molar-refractivity contribution in [1.82, 2.24) is 9.13 Å². The second-order valence-electron chi connectivity index (χ2n) is 23.0. The zero-order chi connectivity index (χ0) is 60.9. The van der Waals surface area contributed by atoms with Gasteiger partial charge in [0.05, 0.1) is 67.2 Å². The zero-order valence-electron chi connectivity index (χ0n) is 50.4. The van der Waals surface area contributed by atoms with Crippen LogP contribution in [0.3, 0.4) is 0 Å². The molecule has 12 nitrogen and oxygen atoms in total. The van der Waals surface area contributed by atoms with E-state index < -0.39 is 0 Å².